The minimum atomic E-state index is -0.649. The van der Waals surface area contributed by atoms with Gasteiger partial charge in [-0.3, -0.25) is 14.4 Å². The van der Waals surface area contributed by atoms with Crippen molar-refractivity contribution in [2.24, 2.45) is 5.92 Å². The summed E-state index contributed by atoms with van der Waals surface area (Å²) >= 11 is 6.02. The van der Waals surface area contributed by atoms with Gasteiger partial charge in [0.25, 0.3) is 5.91 Å². The molecule has 0 radical (unpaired) electrons. The Morgan fingerprint density at radius 1 is 1.23 bits per heavy atom. The molecular weight excluding hydrogens is 354 g/mol. The predicted molar refractivity (Wildman–Crippen MR) is 101 cm³/mol. The molecule has 1 heterocycles. The zero-order chi connectivity index (χ0) is 19.1. The molecule has 1 aliphatic heterocycles. The number of likely N-dealkylation sites (tertiary alicyclic amines) is 1. The molecule has 2 N–H and O–H groups in total. The van der Waals surface area contributed by atoms with Gasteiger partial charge in [-0.1, -0.05) is 30.7 Å². The van der Waals surface area contributed by atoms with E-state index in [0.29, 0.717) is 43.1 Å². The van der Waals surface area contributed by atoms with E-state index in [0.717, 1.165) is 6.42 Å². The Morgan fingerprint density at radius 2 is 1.88 bits per heavy atom. The zero-order valence-corrected chi connectivity index (χ0v) is 16.0. The lowest BCUT2D eigenvalue weighted by atomic mass is 9.95. The minimum absolute atomic E-state index is 0.0429. The van der Waals surface area contributed by atoms with Crippen LogP contribution in [0.3, 0.4) is 0 Å². The highest BCUT2D eigenvalue weighted by molar-refractivity contribution is 6.33. The average Bonchev–Trinajstić information content (AvgIpc) is 2.65. The second-order valence-electron chi connectivity index (χ2n) is 6.57. The first-order valence-electron chi connectivity index (χ1n) is 9.06. The fourth-order valence-electron chi connectivity index (χ4n) is 3.01. The molecule has 2 rings (SSSR count). The summed E-state index contributed by atoms with van der Waals surface area (Å²) in [5.74, 6) is -0.485. The Hall–Kier alpha value is -2.08. The molecule has 1 aromatic rings. The third-order valence-corrected chi connectivity index (χ3v) is 4.89. The number of benzene rings is 1. The summed E-state index contributed by atoms with van der Waals surface area (Å²) in [6.45, 7) is 5.41. The Bertz CT molecular complexity index is 657. The van der Waals surface area contributed by atoms with Gasteiger partial charge in [0.15, 0.2) is 0 Å². The molecule has 0 spiro atoms. The Balaban J connectivity index is 1.85. The van der Waals surface area contributed by atoms with Gasteiger partial charge in [0.1, 0.15) is 6.04 Å². The van der Waals surface area contributed by atoms with Crippen LogP contribution in [0, 0.1) is 5.92 Å². The molecule has 3 amide bonds. The third kappa shape index (κ3) is 5.21. The quantitative estimate of drug-likeness (QED) is 0.795. The monoisotopic (exact) mass is 379 g/mol. The molecule has 1 saturated heterocycles. The Morgan fingerprint density at radius 3 is 2.50 bits per heavy atom. The van der Waals surface area contributed by atoms with E-state index in [-0.39, 0.29) is 23.6 Å². The van der Waals surface area contributed by atoms with Crippen molar-refractivity contribution in [1.82, 2.24) is 15.5 Å². The van der Waals surface area contributed by atoms with Gasteiger partial charge < -0.3 is 15.5 Å². The molecule has 6 nitrogen and oxygen atoms in total. The van der Waals surface area contributed by atoms with Crippen molar-refractivity contribution in [2.45, 2.75) is 39.2 Å². The molecule has 7 heteroatoms. The largest absolute Gasteiger partial charge is 0.356 e. The first-order valence-corrected chi connectivity index (χ1v) is 9.43. The van der Waals surface area contributed by atoms with Gasteiger partial charge in [0.05, 0.1) is 10.6 Å². The number of amides is 3. The fourth-order valence-corrected chi connectivity index (χ4v) is 3.23. The number of piperidine rings is 1. The van der Waals surface area contributed by atoms with Crippen LogP contribution in [-0.4, -0.2) is 48.3 Å². The molecule has 0 aliphatic carbocycles. The average molecular weight is 380 g/mol. The summed E-state index contributed by atoms with van der Waals surface area (Å²) in [6.07, 6.45) is 2.20. The van der Waals surface area contributed by atoms with Crippen LogP contribution in [0.2, 0.25) is 5.02 Å². The molecule has 1 aromatic carbocycles. The maximum Gasteiger partial charge on any atom is 0.253 e. The van der Waals surface area contributed by atoms with E-state index >= 15 is 0 Å². The van der Waals surface area contributed by atoms with E-state index in [9.17, 15) is 14.4 Å². The molecule has 1 fully saturated rings. The minimum Gasteiger partial charge on any atom is -0.356 e. The molecule has 142 valence electrons. The van der Waals surface area contributed by atoms with E-state index in [1.807, 2.05) is 6.92 Å². The summed E-state index contributed by atoms with van der Waals surface area (Å²) in [7, 11) is 0. The summed E-state index contributed by atoms with van der Waals surface area (Å²) in [6, 6.07) is 6.08. The van der Waals surface area contributed by atoms with Gasteiger partial charge in [-0.15, -0.1) is 0 Å². The van der Waals surface area contributed by atoms with Crippen LogP contribution in [-0.2, 0) is 9.59 Å². The summed E-state index contributed by atoms with van der Waals surface area (Å²) in [5.41, 5.74) is 0.347. The number of hydrogen-bond acceptors (Lipinski definition) is 3. The van der Waals surface area contributed by atoms with Crippen molar-refractivity contribution < 1.29 is 14.4 Å². The highest BCUT2D eigenvalue weighted by Crippen LogP contribution is 2.19. The molecule has 0 aromatic heterocycles. The van der Waals surface area contributed by atoms with Crippen LogP contribution in [0.5, 0.6) is 0 Å². The Labute approximate surface area is 159 Å². The highest BCUT2D eigenvalue weighted by Gasteiger charge is 2.29. The molecule has 0 saturated carbocycles. The molecular formula is C19H26ClN3O3. The van der Waals surface area contributed by atoms with Gasteiger partial charge in [-0.05, 0) is 38.3 Å². The van der Waals surface area contributed by atoms with Gasteiger partial charge in [-0.25, -0.2) is 0 Å². The third-order valence-electron chi connectivity index (χ3n) is 4.56. The number of carbonyl (C=O) groups excluding carboxylic acids is 3. The van der Waals surface area contributed by atoms with Gasteiger partial charge >= 0.3 is 0 Å². The summed E-state index contributed by atoms with van der Waals surface area (Å²) in [4.78, 5) is 38.6. The predicted octanol–water partition coefficient (Wildman–Crippen LogP) is 2.22. The number of carbonyl (C=O) groups is 3. The molecule has 26 heavy (non-hydrogen) atoms. The van der Waals surface area contributed by atoms with E-state index in [1.165, 1.54) is 0 Å². The van der Waals surface area contributed by atoms with Crippen LogP contribution < -0.4 is 10.6 Å². The Kier molecular flexibility index (Phi) is 7.45. The van der Waals surface area contributed by atoms with Crippen molar-refractivity contribution in [3.63, 3.8) is 0 Å². The van der Waals surface area contributed by atoms with Gasteiger partial charge in [0.2, 0.25) is 11.8 Å². The van der Waals surface area contributed by atoms with Crippen LogP contribution >= 0.6 is 11.6 Å². The number of nitrogens with one attached hydrogen (secondary N) is 2. The van der Waals surface area contributed by atoms with Crippen LogP contribution in [0.1, 0.15) is 43.5 Å². The maximum atomic E-state index is 12.6. The van der Waals surface area contributed by atoms with Gasteiger partial charge in [0, 0.05) is 25.6 Å². The number of halogens is 1. The topological polar surface area (TPSA) is 78.5 Å². The highest BCUT2D eigenvalue weighted by atomic mass is 35.5. The lowest BCUT2D eigenvalue weighted by Crippen LogP contribution is -2.50. The molecule has 0 bridgehead atoms. The van der Waals surface area contributed by atoms with Crippen LogP contribution in [0.4, 0.5) is 0 Å². The smallest absolute Gasteiger partial charge is 0.253 e. The van der Waals surface area contributed by atoms with E-state index < -0.39 is 6.04 Å². The maximum absolute atomic E-state index is 12.6. The first-order chi connectivity index (χ1) is 12.4. The molecule has 1 atom stereocenters. The van der Waals surface area contributed by atoms with Crippen LogP contribution in [0.25, 0.3) is 0 Å². The van der Waals surface area contributed by atoms with E-state index in [1.54, 1.807) is 36.1 Å². The second-order valence-corrected chi connectivity index (χ2v) is 6.97. The van der Waals surface area contributed by atoms with Crippen molar-refractivity contribution >= 4 is 29.3 Å². The summed E-state index contributed by atoms with van der Waals surface area (Å²) in [5, 5.41) is 5.96. The van der Waals surface area contributed by atoms with Crippen molar-refractivity contribution in [2.75, 3.05) is 19.6 Å². The molecule has 1 aliphatic rings. The lowest BCUT2D eigenvalue weighted by molar-refractivity contribution is -0.136. The number of nitrogens with zero attached hydrogens (tertiary/aromatic N) is 1. The number of rotatable bonds is 6. The van der Waals surface area contributed by atoms with E-state index in [4.69, 9.17) is 11.6 Å². The summed E-state index contributed by atoms with van der Waals surface area (Å²) < 4.78 is 0. The SMILES string of the molecule is CCCNC(=O)C1CCN(C(=O)C(C)NC(=O)c2ccccc2Cl)CC1. The molecule has 1 unspecified atom stereocenters. The van der Waals surface area contributed by atoms with Gasteiger partial charge in [-0.2, -0.15) is 0 Å². The fraction of sp³-hybridized carbons (Fsp3) is 0.526. The second kappa shape index (κ2) is 9.57. The lowest BCUT2D eigenvalue weighted by Gasteiger charge is -2.33. The van der Waals surface area contributed by atoms with Crippen molar-refractivity contribution in [3.05, 3.63) is 34.9 Å². The zero-order valence-electron chi connectivity index (χ0n) is 15.3. The first kappa shape index (κ1) is 20.2. The van der Waals surface area contributed by atoms with Crippen molar-refractivity contribution in [3.8, 4) is 0 Å². The standard InChI is InChI=1S/C19H26ClN3O3/c1-3-10-21-17(24)14-8-11-23(12-9-14)19(26)13(2)22-18(25)15-6-4-5-7-16(15)20/h4-7,13-14H,3,8-12H2,1-2H3,(H,21,24)(H,22,25). The van der Waals surface area contributed by atoms with Crippen LogP contribution in [0.15, 0.2) is 24.3 Å². The normalized spacial score (nSPS) is 16.0. The van der Waals surface area contributed by atoms with Crippen molar-refractivity contribution in [1.29, 1.82) is 0 Å². The van der Waals surface area contributed by atoms with E-state index in [2.05, 4.69) is 10.6 Å². The number of hydrogen-bond donors (Lipinski definition) is 2.